The van der Waals surface area contributed by atoms with E-state index < -0.39 is 0 Å². The molecule has 3 rings (SSSR count). The molecule has 1 aromatic heterocycles. The summed E-state index contributed by atoms with van der Waals surface area (Å²) < 4.78 is 17.4. The molecule has 2 aromatic carbocycles. The van der Waals surface area contributed by atoms with Crippen molar-refractivity contribution in [3.8, 4) is 11.5 Å². The van der Waals surface area contributed by atoms with Gasteiger partial charge in [0.15, 0.2) is 11.5 Å². The minimum Gasteiger partial charge on any atom is -0.493 e. The maximum Gasteiger partial charge on any atom is 0.313 e. The van der Waals surface area contributed by atoms with E-state index in [0.717, 1.165) is 15.6 Å². The molecule has 0 unspecified atom stereocenters. The number of nitrogens with two attached hydrogens (primary N) is 1. The van der Waals surface area contributed by atoms with Crippen molar-refractivity contribution in [2.24, 2.45) is 0 Å². The third-order valence-electron chi connectivity index (χ3n) is 3.42. The van der Waals surface area contributed by atoms with Crippen LogP contribution in [-0.4, -0.2) is 17.3 Å². The molecule has 0 spiro atoms. The van der Waals surface area contributed by atoms with E-state index in [1.54, 1.807) is 31.4 Å². The minimum atomic E-state index is 0.0111. The lowest BCUT2D eigenvalue weighted by Crippen LogP contribution is -1.99. The SMILES string of the molecule is COc1cc(/C=C/c2nnc(N)o2)cc(Cl)c1OCc1ccc(Br)cc1. The van der Waals surface area contributed by atoms with Crippen LogP contribution in [0.3, 0.4) is 0 Å². The zero-order valence-electron chi connectivity index (χ0n) is 13.8. The standard InChI is InChI=1S/C18H15BrClN3O3/c1-24-15-9-12(4-7-16-22-23-18(21)26-16)8-14(20)17(15)25-10-11-2-5-13(19)6-3-11/h2-9H,10H2,1H3,(H2,21,23)/b7-4+. The molecular weight excluding hydrogens is 422 g/mol. The van der Waals surface area contributed by atoms with Crippen molar-refractivity contribution in [3.05, 3.63) is 62.9 Å². The Kier molecular flexibility index (Phi) is 5.80. The smallest absolute Gasteiger partial charge is 0.313 e. The fourth-order valence-electron chi connectivity index (χ4n) is 2.19. The van der Waals surface area contributed by atoms with Crippen molar-refractivity contribution in [2.45, 2.75) is 6.61 Å². The second kappa shape index (κ2) is 8.25. The largest absolute Gasteiger partial charge is 0.493 e. The number of aromatic nitrogens is 2. The fraction of sp³-hybridized carbons (Fsp3) is 0.111. The predicted octanol–water partition coefficient (Wildman–Crippen LogP) is 4.83. The van der Waals surface area contributed by atoms with Crippen LogP contribution in [0.25, 0.3) is 12.2 Å². The molecule has 6 nitrogen and oxygen atoms in total. The number of hydrogen-bond acceptors (Lipinski definition) is 6. The molecule has 0 bridgehead atoms. The number of halogens is 2. The monoisotopic (exact) mass is 435 g/mol. The third-order valence-corrected chi connectivity index (χ3v) is 4.23. The highest BCUT2D eigenvalue weighted by molar-refractivity contribution is 9.10. The van der Waals surface area contributed by atoms with Crippen LogP contribution < -0.4 is 15.2 Å². The summed E-state index contributed by atoms with van der Waals surface area (Å²) in [6.45, 7) is 0.375. The van der Waals surface area contributed by atoms with Crippen molar-refractivity contribution in [3.63, 3.8) is 0 Å². The normalized spacial score (nSPS) is 11.0. The molecule has 26 heavy (non-hydrogen) atoms. The highest BCUT2D eigenvalue weighted by atomic mass is 79.9. The van der Waals surface area contributed by atoms with Crippen LogP contribution in [-0.2, 0) is 6.61 Å². The summed E-state index contributed by atoms with van der Waals surface area (Å²) >= 11 is 9.78. The Labute approximate surface area is 163 Å². The average molecular weight is 437 g/mol. The first kappa shape index (κ1) is 18.3. The molecule has 0 fully saturated rings. The Morgan fingerprint density at radius 3 is 2.62 bits per heavy atom. The molecule has 3 aromatic rings. The lowest BCUT2D eigenvalue weighted by Gasteiger charge is -2.13. The second-order valence-corrected chi connectivity index (χ2v) is 6.58. The topological polar surface area (TPSA) is 83.4 Å². The molecule has 2 N–H and O–H groups in total. The lowest BCUT2D eigenvalue weighted by molar-refractivity contribution is 0.284. The van der Waals surface area contributed by atoms with Crippen molar-refractivity contribution < 1.29 is 13.9 Å². The summed E-state index contributed by atoms with van der Waals surface area (Å²) in [6, 6.07) is 11.4. The molecule has 8 heteroatoms. The second-order valence-electron chi connectivity index (χ2n) is 5.26. The Morgan fingerprint density at radius 1 is 1.19 bits per heavy atom. The van der Waals surface area contributed by atoms with E-state index >= 15 is 0 Å². The number of methoxy groups -OCH3 is 1. The van der Waals surface area contributed by atoms with Gasteiger partial charge < -0.3 is 19.6 Å². The van der Waals surface area contributed by atoms with E-state index in [1.807, 2.05) is 24.3 Å². The summed E-state index contributed by atoms with van der Waals surface area (Å²) in [7, 11) is 1.56. The molecule has 0 aliphatic rings. The molecule has 0 amide bonds. The van der Waals surface area contributed by atoms with Gasteiger partial charge in [0.2, 0.25) is 5.89 Å². The van der Waals surface area contributed by atoms with Crippen LogP contribution in [0, 0.1) is 0 Å². The molecule has 0 saturated carbocycles. The van der Waals surface area contributed by atoms with Crippen molar-refractivity contribution in [1.82, 2.24) is 10.2 Å². The Morgan fingerprint density at radius 2 is 1.96 bits per heavy atom. The number of anilines is 1. The Hall–Kier alpha value is -2.51. The van der Waals surface area contributed by atoms with Crippen molar-refractivity contribution >= 4 is 45.7 Å². The summed E-state index contributed by atoms with van der Waals surface area (Å²) in [5.74, 6) is 1.31. The Balaban J connectivity index is 1.78. The highest BCUT2D eigenvalue weighted by Gasteiger charge is 2.12. The summed E-state index contributed by atoms with van der Waals surface area (Å²) in [4.78, 5) is 0. The van der Waals surface area contributed by atoms with Gasteiger partial charge in [0, 0.05) is 10.5 Å². The van der Waals surface area contributed by atoms with Crippen LogP contribution in [0.4, 0.5) is 6.01 Å². The van der Waals surface area contributed by atoms with E-state index in [1.165, 1.54) is 0 Å². The Bertz CT molecular complexity index is 926. The summed E-state index contributed by atoms with van der Waals surface area (Å²) in [6.07, 6.45) is 3.40. The van der Waals surface area contributed by atoms with E-state index in [4.69, 9.17) is 31.2 Å². The highest BCUT2D eigenvalue weighted by Crippen LogP contribution is 2.37. The van der Waals surface area contributed by atoms with Crippen LogP contribution in [0.15, 0.2) is 45.3 Å². The number of benzene rings is 2. The molecule has 0 saturated heterocycles. The zero-order valence-corrected chi connectivity index (χ0v) is 16.1. The minimum absolute atomic E-state index is 0.0111. The number of rotatable bonds is 6. The molecular formula is C18H15BrClN3O3. The maximum atomic E-state index is 6.37. The van der Waals surface area contributed by atoms with E-state index in [0.29, 0.717) is 29.0 Å². The van der Waals surface area contributed by atoms with Crippen LogP contribution in [0.2, 0.25) is 5.02 Å². The number of ether oxygens (including phenoxy) is 2. The van der Waals surface area contributed by atoms with Crippen LogP contribution >= 0.6 is 27.5 Å². The third kappa shape index (κ3) is 4.56. The van der Waals surface area contributed by atoms with Gasteiger partial charge in [-0.25, -0.2) is 0 Å². The van der Waals surface area contributed by atoms with Gasteiger partial charge in [0.25, 0.3) is 0 Å². The quantitative estimate of drug-likeness (QED) is 0.596. The first-order valence-electron chi connectivity index (χ1n) is 7.57. The average Bonchev–Trinajstić information content (AvgIpc) is 3.05. The molecule has 1 heterocycles. The predicted molar refractivity (Wildman–Crippen MR) is 104 cm³/mol. The molecule has 134 valence electrons. The van der Waals surface area contributed by atoms with Gasteiger partial charge in [-0.05, 0) is 41.5 Å². The van der Waals surface area contributed by atoms with Gasteiger partial charge in [-0.1, -0.05) is 44.8 Å². The van der Waals surface area contributed by atoms with E-state index in [9.17, 15) is 0 Å². The van der Waals surface area contributed by atoms with Gasteiger partial charge in [-0.3, -0.25) is 0 Å². The molecule has 0 radical (unpaired) electrons. The number of nitrogen functional groups attached to an aromatic ring is 1. The zero-order chi connectivity index (χ0) is 18.5. The van der Waals surface area contributed by atoms with Crippen LogP contribution in [0.1, 0.15) is 17.0 Å². The van der Waals surface area contributed by atoms with Gasteiger partial charge in [0.1, 0.15) is 6.61 Å². The summed E-state index contributed by atoms with van der Waals surface area (Å²) in [5.41, 5.74) is 7.20. The first-order valence-corrected chi connectivity index (χ1v) is 8.74. The van der Waals surface area contributed by atoms with Gasteiger partial charge in [0.05, 0.1) is 12.1 Å². The molecule has 0 atom stereocenters. The molecule has 0 aliphatic heterocycles. The molecule has 0 aliphatic carbocycles. The number of hydrogen-bond donors (Lipinski definition) is 1. The van der Waals surface area contributed by atoms with Gasteiger partial charge in [-0.15, -0.1) is 5.10 Å². The lowest BCUT2D eigenvalue weighted by atomic mass is 10.2. The van der Waals surface area contributed by atoms with Crippen LogP contribution in [0.5, 0.6) is 11.5 Å². The van der Waals surface area contributed by atoms with Gasteiger partial charge >= 0.3 is 6.01 Å². The maximum absolute atomic E-state index is 6.37. The van der Waals surface area contributed by atoms with E-state index in [2.05, 4.69) is 26.1 Å². The van der Waals surface area contributed by atoms with Gasteiger partial charge in [-0.2, -0.15) is 0 Å². The van der Waals surface area contributed by atoms with Crippen molar-refractivity contribution in [2.75, 3.05) is 12.8 Å². The summed E-state index contributed by atoms with van der Waals surface area (Å²) in [5, 5.41) is 7.79. The fourth-order valence-corrected chi connectivity index (χ4v) is 2.73. The number of nitrogens with zero attached hydrogens (tertiary/aromatic N) is 2. The van der Waals surface area contributed by atoms with E-state index in [-0.39, 0.29) is 6.01 Å². The van der Waals surface area contributed by atoms with Crippen molar-refractivity contribution in [1.29, 1.82) is 0 Å². The first-order chi connectivity index (χ1) is 12.5.